The Morgan fingerprint density at radius 2 is 2.05 bits per heavy atom. The van der Waals surface area contributed by atoms with E-state index in [-0.39, 0.29) is 5.92 Å². The first-order chi connectivity index (χ1) is 9.49. The average Bonchev–Trinajstić information content (AvgIpc) is 3.00. The summed E-state index contributed by atoms with van der Waals surface area (Å²) < 4.78 is 5.53. The van der Waals surface area contributed by atoms with Gasteiger partial charge in [-0.2, -0.15) is 5.26 Å². The second-order valence-electron chi connectivity index (χ2n) is 7.34. The topological polar surface area (TPSA) is 36.3 Å². The minimum Gasteiger partial charge on any atom is -0.380 e. The molecule has 114 valence electrons. The third-order valence-electron chi connectivity index (χ3n) is 6.00. The summed E-state index contributed by atoms with van der Waals surface area (Å²) in [5.74, 6) is 0.941. The molecular formula is C17H30N2O. The first-order valence-electron chi connectivity index (χ1n) is 8.19. The Bertz CT molecular complexity index is 354. The average molecular weight is 278 g/mol. The molecule has 4 unspecified atom stereocenters. The highest BCUT2D eigenvalue weighted by Gasteiger charge is 2.40. The largest absolute Gasteiger partial charge is 0.380 e. The van der Waals surface area contributed by atoms with Gasteiger partial charge < -0.3 is 4.74 Å². The summed E-state index contributed by atoms with van der Waals surface area (Å²) in [5.41, 5.74) is 0.395. The molecule has 3 heteroatoms. The van der Waals surface area contributed by atoms with Crippen LogP contribution in [0.1, 0.15) is 52.9 Å². The Labute approximate surface area is 124 Å². The van der Waals surface area contributed by atoms with Crippen molar-refractivity contribution < 1.29 is 4.74 Å². The van der Waals surface area contributed by atoms with Gasteiger partial charge in [-0.3, -0.25) is 4.90 Å². The molecule has 20 heavy (non-hydrogen) atoms. The fourth-order valence-corrected chi connectivity index (χ4v) is 3.86. The molecule has 1 saturated carbocycles. The SMILES string of the molecule is CCC(C)(C)C1CCC(C#N)C(N(C)C2CCOC2)C1. The summed E-state index contributed by atoms with van der Waals surface area (Å²) in [7, 11) is 2.20. The van der Waals surface area contributed by atoms with Gasteiger partial charge in [-0.15, -0.1) is 0 Å². The van der Waals surface area contributed by atoms with E-state index >= 15 is 0 Å². The van der Waals surface area contributed by atoms with Gasteiger partial charge in [0, 0.05) is 18.7 Å². The zero-order valence-electron chi connectivity index (χ0n) is 13.6. The monoisotopic (exact) mass is 278 g/mol. The van der Waals surface area contributed by atoms with Crippen LogP contribution in [0.5, 0.6) is 0 Å². The van der Waals surface area contributed by atoms with Gasteiger partial charge in [0.05, 0.1) is 18.6 Å². The molecule has 0 aromatic rings. The number of likely N-dealkylation sites (N-methyl/N-ethyl adjacent to an activating group) is 1. The van der Waals surface area contributed by atoms with E-state index in [2.05, 4.69) is 38.8 Å². The van der Waals surface area contributed by atoms with Crippen LogP contribution in [0.15, 0.2) is 0 Å². The molecule has 0 spiro atoms. The Kier molecular flexibility index (Phi) is 5.09. The van der Waals surface area contributed by atoms with Crippen LogP contribution in [0, 0.1) is 28.6 Å². The number of nitriles is 1. The number of hydrogen-bond acceptors (Lipinski definition) is 3. The van der Waals surface area contributed by atoms with Gasteiger partial charge in [-0.25, -0.2) is 0 Å². The molecule has 2 aliphatic rings. The Balaban J connectivity index is 2.08. The summed E-state index contributed by atoms with van der Waals surface area (Å²) in [5, 5.41) is 9.49. The van der Waals surface area contributed by atoms with Crippen LogP contribution in [0.2, 0.25) is 0 Å². The van der Waals surface area contributed by atoms with Crippen LogP contribution in [-0.4, -0.2) is 37.2 Å². The Morgan fingerprint density at radius 3 is 2.60 bits per heavy atom. The smallest absolute Gasteiger partial charge is 0.0672 e. The van der Waals surface area contributed by atoms with Crippen LogP contribution in [0.4, 0.5) is 0 Å². The van der Waals surface area contributed by atoms with E-state index in [0.717, 1.165) is 32.0 Å². The van der Waals surface area contributed by atoms with E-state index in [9.17, 15) is 5.26 Å². The normalized spacial score (nSPS) is 35.2. The van der Waals surface area contributed by atoms with Crippen LogP contribution >= 0.6 is 0 Å². The summed E-state index contributed by atoms with van der Waals surface area (Å²) in [6, 6.07) is 3.49. The fraction of sp³-hybridized carbons (Fsp3) is 0.941. The maximum atomic E-state index is 9.49. The zero-order valence-corrected chi connectivity index (χ0v) is 13.6. The van der Waals surface area contributed by atoms with Gasteiger partial charge in [0.2, 0.25) is 0 Å². The van der Waals surface area contributed by atoms with Crippen molar-refractivity contribution in [3.63, 3.8) is 0 Å². The number of hydrogen-bond donors (Lipinski definition) is 0. The van der Waals surface area contributed by atoms with Crippen molar-refractivity contribution in [2.45, 2.75) is 65.0 Å². The van der Waals surface area contributed by atoms with Gasteiger partial charge in [0.1, 0.15) is 0 Å². The van der Waals surface area contributed by atoms with E-state index in [0.29, 0.717) is 17.5 Å². The lowest BCUT2D eigenvalue weighted by molar-refractivity contribution is 0.0399. The maximum Gasteiger partial charge on any atom is 0.0672 e. The first-order valence-corrected chi connectivity index (χ1v) is 8.19. The van der Waals surface area contributed by atoms with E-state index < -0.39 is 0 Å². The van der Waals surface area contributed by atoms with E-state index in [1.54, 1.807) is 0 Å². The highest BCUT2D eigenvalue weighted by Crippen LogP contribution is 2.43. The van der Waals surface area contributed by atoms with Gasteiger partial charge in [0.25, 0.3) is 0 Å². The van der Waals surface area contributed by atoms with Crippen molar-refractivity contribution in [3.05, 3.63) is 0 Å². The lowest BCUT2D eigenvalue weighted by atomic mass is 9.66. The molecule has 0 amide bonds. The highest BCUT2D eigenvalue weighted by molar-refractivity contribution is 5.00. The molecule has 3 nitrogen and oxygen atoms in total. The Morgan fingerprint density at radius 1 is 1.30 bits per heavy atom. The second-order valence-corrected chi connectivity index (χ2v) is 7.34. The third-order valence-corrected chi connectivity index (χ3v) is 6.00. The molecule has 0 radical (unpaired) electrons. The van der Waals surface area contributed by atoms with Crippen molar-refractivity contribution in [2.75, 3.05) is 20.3 Å². The van der Waals surface area contributed by atoms with Crippen LogP contribution in [0.25, 0.3) is 0 Å². The predicted molar refractivity (Wildman–Crippen MR) is 81.3 cm³/mol. The second kappa shape index (κ2) is 6.45. The number of rotatable bonds is 4. The predicted octanol–water partition coefficient (Wildman–Crippen LogP) is 3.45. The molecule has 2 fully saturated rings. The van der Waals surface area contributed by atoms with E-state index in [1.165, 1.54) is 19.3 Å². The lowest BCUT2D eigenvalue weighted by Crippen LogP contribution is -2.49. The summed E-state index contributed by atoms with van der Waals surface area (Å²) >= 11 is 0. The van der Waals surface area contributed by atoms with Crippen molar-refractivity contribution >= 4 is 0 Å². The molecule has 0 aromatic carbocycles. The summed E-state index contributed by atoms with van der Waals surface area (Å²) in [6.07, 6.45) is 5.79. The molecule has 1 heterocycles. The molecule has 0 N–H and O–H groups in total. The minimum atomic E-state index is 0.199. The molecule has 1 saturated heterocycles. The molecule has 0 aromatic heterocycles. The zero-order chi connectivity index (χ0) is 14.8. The molecule has 4 atom stereocenters. The van der Waals surface area contributed by atoms with E-state index in [1.807, 2.05) is 0 Å². The number of nitrogens with zero attached hydrogens (tertiary/aromatic N) is 2. The lowest BCUT2D eigenvalue weighted by Gasteiger charge is -2.45. The molecule has 1 aliphatic carbocycles. The molecule has 1 aliphatic heterocycles. The first kappa shape index (κ1) is 15.8. The van der Waals surface area contributed by atoms with Crippen LogP contribution in [-0.2, 0) is 4.74 Å². The Hall–Kier alpha value is -0.590. The van der Waals surface area contributed by atoms with Gasteiger partial charge >= 0.3 is 0 Å². The molecule has 2 rings (SSSR count). The third kappa shape index (κ3) is 3.18. The summed E-state index contributed by atoms with van der Waals surface area (Å²) in [6.45, 7) is 8.79. The van der Waals surface area contributed by atoms with Crippen LogP contribution < -0.4 is 0 Å². The van der Waals surface area contributed by atoms with Gasteiger partial charge in [-0.1, -0.05) is 27.2 Å². The van der Waals surface area contributed by atoms with Crippen molar-refractivity contribution in [1.29, 1.82) is 5.26 Å². The standard InChI is InChI=1S/C17H30N2O/c1-5-17(2,3)14-7-6-13(11-18)16(10-14)19(4)15-8-9-20-12-15/h13-16H,5-10,12H2,1-4H3. The van der Waals surface area contributed by atoms with Crippen molar-refractivity contribution in [3.8, 4) is 6.07 Å². The maximum absolute atomic E-state index is 9.49. The molecule has 0 bridgehead atoms. The van der Waals surface area contributed by atoms with Crippen molar-refractivity contribution in [2.24, 2.45) is 17.3 Å². The quantitative estimate of drug-likeness (QED) is 0.790. The summed E-state index contributed by atoms with van der Waals surface area (Å²) in [4.78, 5) is 2.46. The minimum absolute atomic E-state index is 0.199. The van der Waals surface area contributed by atoms with Crippen molar-refractivity contribution in [1.82, 2.24) is 4.90 Å². The fourth-order valence-electron chi connectivity index (χ4n) is 3.86. The van der Waals surface area contributed by atoms with Gasteiger partial charge in [0.15, 0.2) is 0 Å². The van der Waals surface area contributed by atoms with Crippen LogP contribution in [0.3, 0.4) is 0 Å². The molecular weight excluding hydrogens is 248 g/mol. The highest BCUT2D eigenvalue weighted by atomic mass is 16.5. The van der Waals surface area contributed by atoms with E-state index in [4.69, 9.17) is 4.74 Å². The number of ether oxygens (including phenoxy) is 1. The van der Waals surface area contributed by atoms with Gasteiger partial charge in [-0.05, 0) is 44.1 Å².